The summed E-state index contributed by atoms with van der Waals surface area (Å²) >= 11 is 0. The van der Waals surface area contributed by atoms with E-state index >= 15 is 0 Å². The number of aromatic nitrogens is 1. The molecule has 1 aliphatic carbocycles. The predicted molar refractivity (Wildman–Crippen MR) is 77.0 cm³/mol. The number of amides is 1. The Morgan fingerprint density at radius 1 is 1.55 bits per heavy atom. The predicted octanol–water partition coefficient (Wildman–Crippen LogP) is 1.50. The Morgan fingerprint density at radius 3 is 3.15 bits per heavy atom. The zero-order valence-corrected chi connectivity index (χ0v) is 12.0. The molecular weight excluding hydrogens is 252 g/mol. The lowest BCUT2D eigenvalue weighted by molar-refractivity contribution is -0.121. The van der Waals surface area contributed by atoms with E-state index < -0.39 is 0 Å². The molecule has 5 nitrogen and oxygen atoms in total. The number of hydrogen-bond donors (Lipinski definition) is 2. The Morgan fingerprint density at radius 2 is 2.40 bits per heavy atom. The van der Waals surface area contributed by atoms with Crippen LogP contribution in [-0.4, -0.2) is 23.6 Å². The maximum absolute atomic E-state index is 11.8. The monoisotopic (exact) mass is 274 g/mol. The lowest BCUT2D eigenvalue weighted by Gasteiger charge is -2.22. The summed E-state index contributed by atoms with van der Waals surface area (Å²) in [6, 6.07) is 2.44. The van der Waals surface area contributed by atoms with Gasteiger partial charge < -0.3 is 15.2 Å². The lowest BCUT2D eigenvalue weighted by atomic mass is 9.91. The van der Waals surface area contributed by atoms with Crippen LogP contribution in [0.1, 0.15) is 43.4 Å². The van der Waals surface area contributed by atoms with Crippen LogP contribution in [0.25, 0.3) is 0 Å². The van der Waals surface area contributed by atoms with Crippen LogP contribution >= 0.6 is 0 Å². The molecule has 0 saturated heterocycles. The topological polar surface area (TPSA) is 69.8 Å². The number of nitriles is 1. The molecule has 0 radical (unpaired) electrons. The summed E-state index contributed by atoms with van der Waals surface area (Å²) in [7, 11) is 0. The van der Waals surface area contributed by atoms with Crippen LogP contribution in [0.2, 0.25) is 0 Å². The van der Waals surface area contributed by atoms with Gasteiger partial charge in [-0.1, -0.05) is 6.92 Å². The number of carbonyl (C=O) groups is 1. The van der Waals surface area contributed by atoms with E-state index in [4.69, 9.17) is 5.26 Å². The maximum Gasteiger partial charge on any atom is 0.239 e. The van der Waals surface area contributed by atoms with Crippen molar-refractivity contribution < 1.29 is 4.79 Å². The molecule has 1 aromatic heterocycles. The van der Waals surface area contributed by atoms with E-state index in [-0.39, 0.29) is 5.91 Å². The first-order valence-electron chi connectivity index (χ1n) is 7.30. The molecule has 0 fully saturated rings. The zero-order chi connectivity index (χ0) is 14.4. The van der Waals surface area contributed by atoms with Crippen LogP contribution < -0.4 is 10.6 Å². The van der Waals surface area contributed by atoms with Gasteiger partial charge in [0.15, 0.2) is 0 Å². The van der Waals surface area contributed by atoms with E-state index in [1.54, 1.807) is 0 Å². The molecule has 5 heteroatoms. The Bertz CT molecular complexity index is 500. The van der Waals surface area contributed by atoms with Crippen LogP contribution in [-0.2, 0) is 17.8 Å². The summed E-state index contributed by atoms with van der Waals surface area (Å²) in [4.78, 5) is 11.8. The molecule has 1 aromatic rings. The summed E-state index contributed by atoms with van der Waals surface area (Å²) in [6.07, 6.45) is 7.99. The summed E-state index contributed by atoms with van der Waals surface area (Å²) in [6.45, 7) is 3.84. The van der Waals surface area contributed by atoms with E-state index in [0.717, 1.165) is 13.0 Å². The van der Waals surface area contributed by atoms with Gasteiger partial charge in [-0.05, 0) is 36.9 Å². The standard InChI is InChI=1S/C15H22N4O/c1-2-17-14-6-3-5-12-9-19(10-13(12)14)11-15(20)18-8-4-7-16/h9-10,14,17H,2-6,8,11H2,1H3,(H,18,20). The van der Waals surface area contributed by atoms with E-state index in [0.29, 0.717) is 25.6 Å². The highest BCUT2D eigenvalue weighted by atomic mass is 16.1. The van der Waals surface area contributed by atoms with E-state index in [1.807, 2.05) is 10.6 Å². The highest BCUT2D eigenvalue weighted by molar-refractivity contribution is 5.75. The second-order valence-corrected chi connectivity index (χ2v) is 5.17. The highest BCUT2D eigenvalue weighted by Gasteiger charge is 2.21. The number of carbonyl (C=O) groups excluding carboxylic acids is 1. The van der Waals surface area contributed by atoms with E-state index in [2.05, 4.69) is 30.0 Å². The molecule has 0 spiro atoms. The quantitative estimate of drug-likeness (QED) is 0.772. The summed E-state index contributed by atoms with van der Waals surface area (Å²) < 4.78 is 1.96. The molecule has 1 atom stereocenters. The second kappa shape index (κ2) is 7.11. The van der Waals surface area contributed by atoms with Gasteiger partial charge in [0.2, 0.25) is 5.91 Å². The fraction of sp³-hybridized carbons (Fsp3) is 0.600. The highest BCUT2D eigenvalue weighted by Crippen LogP contribution is 2.30. The molecule has 1 amide bonds. The molecule has 2 rings (SSSR count). The minimum atomic E-state index is -0.0346. The van der Waals surface area contributed by atoms with Crippen molar-refractivity contribution in [3.63, 3.8) is 0 Å². The van der Waals surface area contributed by atoms with Crippen molar-refractivity contribution in [1.29, 1.82) is 5.26 Å². The van der Waals surface area contributed by atoms with Gasteiger partial charge in [-0.2, -0.15) is 5.26 Å². The number of nitrogens with zero attached hydrogens (tertiary/aromatic N) is 2. The first-order valence-corrected chi connectivity index (χ1v) is 7.30. The average Bonchev–Trinajstić information content (AvgIpc) is 2.83. The first-order chi connectivity index (χ1) is 9.74. The molecule has 0 saturated carbocycles. The minimum Gasteiger partial charge on any atom is -0.354 e. The Kier molecular flexibility index (Phi) is 5.19. The van der Waals surface area contributed by atoms with Gasteiger partial charge in [0.25, 0.3) is 0 Å². The molecule has 2 N–H and O–H groups in total. The van der Waals surface area contributed by atoms with Crippen LogP contribution in [0, 0.1) is 11.3 Å². The lowest BCUT2D eigenvalue weighted by Crippen LogP contribution is -2.27. The number of hydrogen-bond acceptors (Lipinski definition) is 3. The average molecular weight is 274 g/mol. The van der Waals surface area contributed by atoms with Crippen molar-refractivity contribution in [3.05, 3.63) is 23.5 Å². The maximum atomic E-state index is 11.8. The molecule has 0 bridgehead atoms. The Balaban J connectivity index is 1.97. The van der Waals surface area contributed by atoms with Crippen molar-refractivity contribution in [2.75, 3.05) is 13.1 Å². The van der Waals surface area contributed by atoms with Crippen LogP contribution in [0.3, 0.4) is 0 Å². The molecule has 0 aromatic carbocycles. The zero-order valence-electron chi connectivity index (χ0n) is 12.0. The van der Waals surface area contributed by atoms with E-state index in [9.17, 15) is 4.79 Å². The summed E-state index contributed by atoms with van der Waals surface area (Å²) in [5.74, 6) is -0.0346. The van der Waals surface area contributed by atoms with Gasteiger partial charge in [0, 0.05) is 25.0 Å². The molecule has 1 aliphatic rings. The fourth-order valence-corrected chi connectivity index (χ4v) is 2.78. The van der Waals surface area contributed by atoms with Gasteiger partial charge in [-0.15, -0.1) is 0 Å². The number of nitrogens with one attached hydrogen (secondary N) is 2. The van der Waals surface area contributed by atoms with Gasteiger partial charge in [-0.25, -0.2) is 0 Å². The van der Waals surface area contributed by atoms with Crippen LogP contribution in [0.5, 0.6) is 0 Å². The van der Waals surface area contributed by atoms with Gasteiger partial charge >= 0.3 is 0 Å². The van der Waals surface area contributed by atoms with Crippen molar-refractivity contribution in [1.82, 2.24) is 15.2 Å². The third-order valence-corrected chi connectivity index (χ3v) is 3.65. The minimum absolute atomic E-state index is 0.0346. The smallest absolute Gasteiger partial charge is 0.239 e. The molecule has 20 heavy (non-hydrogen) atoms. The third-order valence-electron chi connectivity index (χ3n) is 3.65. The molecule has 1 unspecified atom stereocenters. The van der Waals surface area contributed by atoms with Gasteiger partial charge in [0.05, 0.1) is 12.5 Å². The number of fused-ring (bicyclic) bond motifs is 1. The van der Waals surface area contributed by atoms with Crippen molar-refractivity contribution in [3.8, 4) is 6.07 Å². The van der Waals surface area contributed by atoms with Crippen LogP contribution in [0.4, 0.5) is 0 Å². The molecule has 0 aliphatic heterocycles. The molecular formula is C15H22N4O. The number of aryl methyl sites for hydroxylation is 1. The SMILES string of the molecule is CCNC1CCCc2cn(CC(=O)NCCC#N)cc21. The summed E-state index contributed by atoms with van der Waals surface area (Å²) in [5, 5.41) is 14.7. The van der Waals surface area contributed by atoms with E-state index in [1.165, 1.54) is 24.0 Å². The van der Waals surface area contributed by atoms with Crippen molar-refractivity contribution in [2.24, 2.45) is 0 Å². The fourth-order valence-electron chi connectivity index (χ4n) is 2.78. The normalized spacial score (nSPS) is 17.3. The first kappa shape index (κ1) is 14.6. The van der Waals surface area contributed by atoms with Gasteiger partial charge in [-0.3, -0.25) is 4.79 Å². The molecule has 108 valence electrons. The number of rotatable bonds is 6. The summed E-state index contributed by atoms with van der Waals surface area (Å²) in [5.41, 5.74) is 2.69. The Hall–Kier alpha value is -1.80. The second-order valence-electron chi connectivity index (χ2n) is 5.17. The van der Waals surface area contributed by atoms with Gasteiger partial charge in [0.1, 0.15) is 6.54 Å². The molecule has 1 heterocycles. The Labute approximate surface area is 120 Å². The van der Waals surface area contributed by atoms with Crippen molar-refractivity contribution >= 4 is 5.91 Å². The third kappa shape index (κ3) is 3.61. The van der Waals surface area contributed by atoms with Crippen LogP contribution in [0.15, 0.2) is 12.4 Å². The van der Waals surface area contributed by atoms with Crippen molar-refractivity contribution in [2.45, 2.75) is 45.2 Å². The largest absolute Gasteiger partial charge is 0.354 e.